The third-order valence-electron chi connectivity index (χ3n) is 3.50. The van der Waals surface area contributed by atoms with Crippen LogP contribution in [-0.4, -0.2) is 19.3 Å². The highest BCUT2D eigenvalue weighted by Gasteiger charge is 2.14. The number of aliphatic hydroxyl groups is 1. The van der Waals surface area contributed by atoms with Gasteiger partial charge in [0, 0.05) is 24.0 Å². The fourth-order valence-electron chi connectivity index (χ4n) is 2.24. The van der Waals surface area contributed by atoms with E-state index in [1.807, 2.05) is 62.5 Å². The summed E-state index contributed by atoms with van der Waals surface area (Å²) >= 11 is 0. The van der Waals surface area contributed by atoms with Crippen molar-refractivity contribution >= 4 is 11.4 Å². The van der Waals surface area contributed by atoms with E-state index in [1.54, 1.807) is 7.11 Å². The van der Waals surface area contributed by atoms with E-state index in [2.05, 4.69) is 4.90 Å². The number of ether oxygens (including phenoxy) is 1. The van der Waals surface area contributed by atoms with Crippen molar-refractivity contribution in [1.29, 1.82) is 0 Å². The fraction of sp³-hybridized carbons (Fsp3) is 0.294. The lowest BCUT2D eigenvalue weighted by molar-refractivity contribution is 0.174. The summed E-state index contributed by atoms with van der Waals surface area (Å²) in [4.78, 5) is 2.08. The highest BCUT2D eigenvalue weighted by atomic mass is 16.5. The first-order chi connectivity index (χ1) is 9.67. The van der Waals surface area contributed by atoms with Gasteiger partial charge in [0.05, 0.1) is 13.2 Å². The number of hydrogen-bond acceptors (Lipinski definition) is 3. The zero-order chi connectivity index (χ0) is 14.5. The number of benzene rings is 2. The van der Waals surface area contributed by atoms with Gasteiger partial charge < -0.3 is 14.7 Å². The van der Waals surface area contributed by atoms with Crippen LogP contribution < -0.4 is 9.64 Å². The van der Waals surface area contributed by atoms with Crippen LogP contribution in [0.15, 0.2) is 48.5 Å². The van der Waals surface area contributed by atoms with Gasteiger partial charge in [-0.3, -0.25) is 0 Å². The van der Waals surface area contributed by atoms with Crippen molar-refractivity contribution < 1.29 is 9.84 Å². The molecule has 1 unspecified atom stereocenters. The number of rotatable bonds is 5. The van der Waals surface area contributed by atoms with Crippen LogP contribution in [0.2, 0.25) is 0 Å². The van der Waals surface area contributed by atoms with Gasteiger partial charge in [-0.15, -0.1) is 0 Å². The summed E-state index contributed by atoms with van der Waals surface area (Å²) in [5.74, 6) is 0.837. The number of para-hydroxylation sites is 1. The van der Waals surface area contributed by atoms with Crippen molar-refractivity contribution in [2.24, 2.45) is 0 Å². The van der Waals surface area contributed by atoms with Gasteiger partial charge in [0.1, 0.15) is 5.75 Å². The van der Waals surface area contributed by atoms with Gasteiger partial charge in [-0.25, -0.2) is 0 Å². The van der Waals surface area contributed by atoms with Crippen LogP contribution in [0, 0.1) is 0 Å². The molecule has 0 bridgehead atoms. The van der Waals surface area contributed by atoms with Crippen LogP contribution >= 0.6 is 0 Å². The molecule has 0 fully saturated rings. The van der Waals surface area contributed by atoms with Crippen molar-refractivity contribution in [3.8, 4) is 5.75 Å². The lowest BCUT2D eigenvalue weighted by Gasteiger charge is -2.24. The molecule has 2 aromatic rings. The van der Waals surface area contributed by atoms with E-state index < -0.39 is 6.10 Å². The Morgan fingerprint density at radius 3 is 2.35 bits per heavy atom. The Hall–Kier alpha value is -2.00. The minimum absolute atomic E-state index is 0.438. The monoisotopic (exact) mass is 271 g/mol. The Morgan fingerprint density at radius 2 is 1.75 bits per heavy atom. The lowest BCUT2D eigenvalue weighted by atomic mass is 10.0. The second kappa shape index (κ2) is 6.44. The zero-order valence-electron chi connectivity index (χ0n) is 12.2. The molecule has 0 heterocycles. The second-order valence-corrected chi connectivity index (χ2v) is 4.74. The molecule has 1 atom stereocenters. The Kier molecular flexibility index (Phi) is 4.64. The average molecular weight is 271 g/mol. The van der Waals surface area contributed by atoms with E-state index >= 15 is 0 Å². The Bertz CT molecular complexity index is 551. The SMILES string of the molecule is CCC(O)c1ccccc1N(C)c1ccc(OC)cc1. The van der Waals surface area contributed by atoms with Gasteiger partial charge in [-0.05, 0) is 36.8 Å². The van der Waals surface area contributed by atoms with Crippen LogP contribution in [0.25, 0.3) is 0 Å². The van der Waals surface area contributed by atoms with Gasteiger partial charge in [-0.2, -0.15) is 0 Å². The Balaban J connectivity index is 2.34. The highest BCUT2D eigenvalue weighted by Crippen LogP contribution is 2.32. The Morgan fingerprint density at radius 1 is 1.10 bits per heavy atom. The average Bonchev–Trinajstić information content (AvgIpc) is 2.53. The third-order valence-corrected chi connectivity index (χ3v) is 3.50. The Labute approximate surface area is 120 Å². The summed E-state index contributed by atoms with van der Waals surface area (Å²) in [6.45, 7) is 1.98. The molecular weight excluding hydrogens is 250 g/mol. The van der Waals surface area contributed by atoms with E-state index in [4.69, 9.17) is 4.74 Å². The number of hydrogen-bond donors (Lipinski definition) is 1. The van der Waals surface area contributed by atoms with E-state index in [-0.39, 0.29) is 0 Å². The minimum atomic E-state index is -0.438. The molecule has 0 saturated carbocycles. The smallest absolute Gasteiger partial charge is 0.119 e. The van der Waals surface area contributed by atoms with Crippen LogP contribution in [0.4, 0.5) is 11.4 Å². The largest absolute Gasteiger partial charge is 0.497 e. The summed E-state index contributed by atoms with van der Waals surface area (Å²) in [5.41, 5.74) is 3.03. The van der Waals surface area contributed by atoms with E-state index in [0.717, 1.165) is 22.7 Å². The predicted octanol–water partition coefficient (Wildman–Crippen LogP) is 3.91. The van der Waals surface area contributed by atoms with E-state index in [1.165, 1.54) is 0 Å². The fourth-order valence-corrected chi connectivity index (χ4v) is 2.24. The molecule has 0 aliphatic heterocycles. The first-order valence-corrected chi connectivity index (χ1v) is 6.82. The van der Waals surface area contributed by atoms with Crippen molar-refractivity contribution in [1.82, 2.24) is 0 Å². The minimum Gasteiger partial charge on any atom is -0.497 e. The number of nitrogens with zero attached hydrogens (tertiary/aromatic N) is 1. The quantitative estimate of drug-likeness (QED) is 0.895. The highest BCUT2D eigenvalue weighted by molar-refractivity contribution is 5.66. The number of methoxy groups -OCH3 is 1. The van der Waals surface area contributed by atoms with Crippen molar-refractivity contribution in [3.05, 3.63) is 54.1 Å². The van der Waals surface area contributed by atoms with Gasteiger partial charge in [0.2, 0.25) is 0 Å². The summed E-state index contributed by atoms with van der Waals surface area (Å²) in [6, 6.07) is 15.8. The molecule has 3 nitrogen and oxygen atoms in total. The maximum absolute atomic E-state index is 10.1. The van der Waals surface area contributed by atoms with Gasteiger partial charge in [0.25, 0.3) is 0 Å². The number of anilines is 2. The molecule has 2 rings (SSSR count). The van der Waals surface area contributed by atoms with E-state index in [0.29, 0.717) is 6.42 Å². The van der Waals surface area contributed by atoms with Gasteiger partial charge in [0.15, 0.2) is 0 Å². The molecule has 0 aliphatic rings. The summed E-state index contributed by atoms with van der Waals surface area (Å²) < 4.78 is 5.18. The molecule has 2 aromatic carbocycles. The molecule has 0 spiro atoms. The number of aliphatic hydroxyl groups excluding tert-OH is 1. The van der Waals surface area contributed by atoms with E-state index in [9.17, 15) is 5.11 Å². The molecule has 0 amide bonds. The molecule has 0 saturated heterocycles. The summed E-state index contributed by atoms with van der Waals surface area (Å²) in [7, 11) is 3.66. The summed E-state index contributed by atoms with van der Waals surface area (Å²) in [5, 5.41) is 10.1. The van der Waals surface area contributed by atoms with Crippen LogP contribution in [0.5, 0.6) is 5.75 Å². The molecule has 1 N–H and O–H groups in total. The molecule has 106 valence electrons. The molecule has 0 aromatic heterocycles. The van der Waals surface area contributed by atoms with Crippen LogP contribution in [-0.2, 0) is 0 Å². The second-order valence-electron chi connectivity index (χ2n) is 4.74. The van der Waals surface area contributed by atoms with Gasteiger partial charge in [-0.1, -0.05) is 25.1 Å². The molecule has 3 heteroatoms. The molecular formula is C17H21NO2. The van der Waals surface area contributed by atoms with Crippen molar-refractivity contribution in [3.63, 3.8) is 0 Å². The topological polar surface area (TPSA) is 32.7 Å². The normalized spacial score (nSPS) is 12.0. The third kappa shape index (κ3) is 2.94. The summed E-state index contributed by atoms with van der Waals surface area (Å²) in [6.07, 6.45) is 0.264. The molecule has 20 heavy (non-hydrogen) atoms. The first-order valence-electron chi connectivity index (χ1n) is 6.82. The van der Waals surface area contributed by atoms with Crippen molar-refractivity contribution in [2.75, 3.05) is 19.1 Å². The lowest BCUT2D eigenvalue weighted by Crippen LogP contribution is -2.13. The first kappa shape index (κ1) is 14.4. The van der Waals surface area contributed by atoms with Crippen LogP contribution in [0.3, 0.4) is 0 Å². The molecule has 0 aliphatic carbocycles. The maximum Gasteiger partial charge on any atom is 0.119 e. The van der Waals surface area contributed by atoms with Crippen LogP contribution in [0.1, 0.15) is 25.0 Å². The maximum atomic E-state index is 10.1. The predicted molar refractivity (Wildman–Crippen MR) is 82.7 cm³/mol. The van der Waals surface area contributed by atoms with Gasteiger partial charge >= 0.3 is 0 Å². The molecule has 0 radical (unpaired) electrons. The van der Waals surface area contributed by atoms with Crippen molar-refractivity contribution in [2.45, 2.75) is 19.4 Å². The zero-order valence-corrected chi connectivity index (χ0v) is 12.2. The standard InChI is InChI=1S/C17H21NO2/c1-4-17(19)15-7-5-6-8-16(15)18(2)13-9-11-14(20-3)12-10-13/h5-12,17,19H,4H2,1-3H3.